The number of aliphatic hydroxyl groups excluding tert-OH is 1. The highest BCUT2D eigenvalue weighted by molar-refractivity contribution is 5.18. The average Bonchev–Trinajstić information content (AvgIpc) is 2.27. The van der Waals surface area contributed by atoms with E-state index in [-0.39, 0.29) is 6.10 Å². The van der Waals surface area contributed by atoms with Crippen molar-refractivity contribution in [2.45, 2.75) is 51.4 Å². The van der Waals surface area contributed by atoms with Gasteiger partial charge in [-0.3, -0.25) is 0 Å². The van der Waals surface area contributed by atoms with Crippen molar-refractivity contribution in [1.82, 2.24) is 0 Å². The molecule has 0 heterocycles. The van der Waals surface area contributed by atoms with Gasteiger partial charge in [-0.15, -0.1) is 0 Å². The molecule has 1 aliphatic carbocycles. The van der Waals surface area contributed by atoms with Crippen LogP contribution in [0.4, 0.5) is 0 Å². The lowest BCUT2D eigenvalue weighted by Crippen LogP contribution is -2.35. The lowest BCUT2D eigenvalue weighted by Gasteiger charge is -2.35. The van der Waals surface area contributed by atoms with Crippen LogP contribution in [0.15, 0.2) is 30.3 Å². The minimum absolute atomic E-state index is 0.0947. The van der Waals surface area contributed by atoms with Crippen molar-refractivity contribution in [3.05, 3.63) is 35.9 Å². The normalized spacial score (nSPS) is 20.0. The van der Waals surface area contributed by atoms with Gasteiger partial charge in [-0.25, -0.2) is 0 Å². The van der Waals surface area contributed by atoms with Crippen molar-refractivity contribution in [1.29, 1.82) is 0 Å². The molecule has 0 spiro atoms. The van der Waals surface area contributed by atoms with Crippen molar-refractivity contribution >= 4 is 0 Å². The molecule has 94 valence electrons. The molecule has 0 bridgehead atoms. The number of ether oxygens (including phenoxy) is 1. The largest absolute Gasteiger partial charge is 0.386 e. The standard InChI is InChI=1S/C15H22O2/c1-11(2)15(17-13-9-6-10-13)14(16)12-7-4-3-5-8-12/h3-5,7-8,11,13-16H,6,9-10H2,1-2H3. The van der Waals surface area contributed by atoms with E-state index < -0.39 is 6.10 Å². The fourth-order valence-corrected chi connectivity index (χ4v) is 2.17. The monoisotopic (exact) mass is 234 g/mol. The van der Waals surface area contributed by atoms with Gasteiger partial charge in [0, 0.05) is 0 Å². The quantitative estimate of drug-likeness (QED) is 0.847. The first-order chi connectivity index (χ1) is 8.18. The summed E-state index contributed by atoms with van der Waals surface area (Å²) < 4.78 is 6.01. The summed E-state index contributed by atoms with van der Waals surface area (Å²) in [4.78, 5) is 0. The van der Waals surface area contributed by atoms with E-state index in [4.69, 9.17) is 4.74 Å². The Morgan fingerprint density at radius 1 is 1.18 bits per heavy atom. The van der Waals surface area contributed by atoms with Crippen LogP contribution in [0.1, 0.15) is 44.8 Å². The Kier molecular flexibility index (Phi) is 4.19. The zero-order valence-electron chi connectivity index (χ0n) is 10.7. The van der Waals surface area contributed by atoms with Crippen LogP contribution in [0.25, 0.3) is 0 Å². The molecule has 2 unspecified atom stereocenters. The molecule has 0 aliphatic heterocycles. The summed E-state index contributed by atoms with van der Waals surface area (Å²) in [6.45, 7) is 4.21. The van der Waals surface area contributed by atoms with Crippen molar-refractivity contribution in [3.63, 3.8) is 0 Å². The number of benzene rings is 1. The van der Waals surface area contributed by atoms with E-state index in [1.165, 1.54) is 6.42 Å². The fourth-order valence-electron chi connectivity index (χ4n) is 2.17. The molecule has 0 saturated heterocycles. The molecule has 1 N–H and O–H groups in total. The van der Waals surface area contributed by atoms with Crippen LogP contribution in [0.2, 0.25) is 0 Å². The van der Waals surface area contributed by atoms with Crippen molar-refractivity contribution in [2.24, 2.45) is 5.92 Å². The molecule has 2 atom stereocenters. The van der Waals surface area contributed by atoms with Crippen LogP contribution in [-0.2, 0) is 4.74 Å². The Morgan fingerprint density at radius 3 is 2.29 bits per heavy atom. The van der Waals surface area contributed by atoms with Crippen molar-refractivity contribution in [3.8, 4) is 0 Å². The molecule has 1 aliphatic rings. The second kappa shape index (κ2) is 5.65. The van der Waals surface area contributed by atoms with Gasteiger partial charge in [0.15, 0.2) is 0 Å². The summed E-state index contributed by atoms with van der Waals surface area (Å²) in [5.74, 6) is 0.325. The topological polar surface area (TPSA) is 29.5 Å². The molecular weight excluding hydrogens is 212 g/mol. The van der Waals surface area contributed by atoms with Gasteiger partial charge in [-0.05, 0) is 30.7 Å². The average molecular weight is 234 g/mol. The van der Waals surface area contributed by atoms with E-state index in [0.717, 1.165) is 18.4 Å². The third-order valence-electron chi connectivity index (χ3n) is 3.51. The maximum Gasteiger partial charge on any atom is 0.105 e. The van der Waals surface area contributed by atoms with Crippen molar-refractivity contribution in [2.75, 3.05) is 0 Å². The first-order valence-electron chi connectivity index (χ1n) is 6.57. The molecular formula is C15H22O2. The van der Waals surface area contributed by atoms with Gasteiger partial charge in [0.05, 0.1) is 12.2 Å². The smallest absolute Gasteiger partial charge is 0.105 e. The Balaban J connectivity index is 2.04. The molecule has 1 saturated carbocycles. The van der Waals surface area contributed by atoms with Crippen LogP contribution in [-0.4, -0.2) is 17.3 Å². The lowest BCUT2D eigenvalue weighted by atomic mass is 9.92. The van der Waals surface area contributed by atoms with E-state index in [1.54, 1.807) is 0 Å². The summed E-state index contributed by atoms with van der Waals surface area (Å²) in [7, 11) is 0. The molecule has 1 aromatic rings. The maximum atomic E-state index is 10.4. The van der Waals surface area contributed by atoms with E-state index in [9.17, 15) is 5.11 Å². The van der Waals surface area contributed by atoms with Crippen LogP contribution >= 0.6 is 0 Å². The summed E-state index contributed by atoms with van der Waals surface area (Å²) in [5, 5.41) is 10.4. The predicted molar refractivity (Wildman–Crippen MR) is 68.8 cm³/mol. The fraction of sp³-hybridized carbons (Fsp3) is 0.600. The highest BCUT2D eigenvalue weighted by atomic mass is 16.5. The molecule has 1 aromatic carbocycles. The SMILES string of the molecule is CC(C)C(OC1CCC1)C(O)c1ccccc1. The number of hydrogen-bond donors (Lipinski definition) is 1. The van der Waals surface area contributed by atoms with Gasteiger partial charge in [0.1, 0.15) is 6.10 Å². The molecule has 1 fully saturated rings. The maximum absolute atomic E-state index is 10.4. The van der Waals surface area contributed by atoms with E-state index in [0.29, 0.717) is 12.0 Å². The van der Waals surface area contributed by atoms with Gasteiger partial charge < -0.3 is 9.84 Å². The minimum Gasteiger partial charge on any atom is -0.386 e. The predicted octanol–water partition coefficient (Wildman–Crippen LogP) is 3.31. The summed E-state index contributed by atoms with van der Waals surface area (Å²) in [5.41, 5.74) is 0.950. The second-order valence-corrected chi connectivity index (χ2v) is 5.25. The summed E-state index contributed by atoms with van der Waals surface area (Å²) in [6.07, 6.45) is 3.30. The first kappa shape index (κ1) is 12.6. The van der Waals surface area contributed by atoms with Gasteiger partial charge >= 0.3 is 0 Å². The number of hydrogen-bond acceptors (Lipinski definition) is 2. The molecule has 0 amide bonds. The highest BCUT2D eigenvalue weighted by Gasteiger charge is 2.30. The second-order valence-electron chi connectivity index (χ2n) is 5.25. The van der Waals surface area contributed by atoms with Crippen molar-refractivity contribution < 1.29 is 9.84 Å². The van der Waals surface area contributed by atoms with Gasteiger partial charge in [0.25, 0.3) is 0 Å². The molecule has 0 radical (unpaired) electrons. The van der Waals surface area contributed by atoms with E-state index in [2.05, 4.69) is 13.8 Å². The molecule has 2 rings (SSSR count). The molecule has 2 heteroatoms. The summed E-state index contributed by atoms with van der Waals surface area (Å²) >= 11 is 0. The molecule has 17 heavy (non-hydrogen) atoms. The zero-order chi connectivity index (χ0) is 12.3. The first-order valence-corrected chi connectivity index (χ1v) is 6.57. The Labute approximate surface area is 104 Å². The third-order valence-corrected chi connectivity index (χ3v) is 3.51. The van der Waals surface area contributed by atoms with E-state index >= 15 is 0 Å². The zero-order valence-corrected chi connectivity index (χ0v) is 10.7. The molecule has 2 nitrogen and oxygen atoms in total. The van der Waals surface area contributed by atoms with Gasteiger partial charge in [-0.2, -0.15) is 0 Å². The Hall–Kier alpha value is -0.860. The Morgan fingerprint density at radius 2 is 1.82 bits per heavy atom. The van der Waals surface area contributed by atoms with E-state index in [1.807, 2.05) is 30.3 Å². The Bertz CT molecular complexity index is 330. The van der Waals surface area contributed by atoms with Gasteiger partial charge in [0.2, 0.25) is 0 Å². The third kappa shape index (κ3) is 3.08. The lowest BCUT2D eigenvalue weighted by molar-refractivity contribution is -0.122. The van der Waals surface area contributed by atoms with Gasteiger partial charge in [-0.1, -0.05) is 44.2 Å². The van der Waals surface area contributed by atoms with Crippen LogP contribution < -0.4 is 0 Å². The minimum atomic E-state index is -0.517. The van der Waals surface area contributed by atoms with Crippen LogP contribution in [0.5, 0.6) is 0 Å². The highest BCUT2D eigenvalue weighted by Crippen LogP contribution is 2.31. The van der Waals surface area contributed by atoms with Crippen LogP contribution in [0.3, 0.4) is 0 Å². The molecule has 0 aromatic heterocycles. The number of rotatable bonds is 5. The summed E-state index contributed by atoms with van der Waals surface area (Å²) in [6, 6.07) is 9.81. The number of aliphatic hydroxyl groups is 1. The van der Waals surface area contributed by atoms with Crippen LogP contribution in [0, 0.1) is 5.92 Å².